The Balaban J connectivity index is 2.14. The second kappa shape index (κ2) is 5.54. The number of amides is 1. The minimum atomic E-state index is -0.456. The molecule has 1 aromatic rings. The topological polar surface area (TPSA) is 82.7 Å². The molecule has 0 aliphatic carbocycles. The first-order valence-electron chi connectivity index (χ1n) is 6.32. The van der Waals surface area contributed by atoms with Gasteiger partial charge in [0, 0.05) is 19.1 Å². The van der Waals surface area contributed by atoms with Gasteiger partial charge in [0.1, 0.15) is 5.69 Å². The molecule has 1 saturated heterocycles. The predicted molar refractivity (Wildman–Crippen MR) is 72.7 cm³/mol. The number of carbonyl (C=O) groups excluding carboxylic acids is 1. The molecule has 2 heterocycles. The van der Waals surface area contributed by atoms with E-state index in [0.29, 0.717) is 24.3 Å². The molecule has 2 rings (SSSR count). The summed E-state index contributed by atoms with van der Waals surface area (Å²) in [6, 6.07) is 3.31. The van der Waals surface area contributed by atoms with Crippen molar-refractivity contribution in [3.8, 4) is 0 Å². The first-order chi connectivity index (χ1) is 8.97. The van der Waals surface area contributed by atoms with Crippen molar-refractivity contribution in [3.05, 3.63) is 24.0 Å². The number of likely N-dealkylation sites (N-methyl/N-ethyl adjacent to an activating group) is 1. The molecule has 2 unspecified atom stereocenters. The molecule has 1 aliphatic heterocycles. The van der Waals surface area contributed by atoms with Gasteiger partial charge in [-0.2, -0.15) is 0 Å². The normalized spacial score (nSPS) is 23.1. The standard InChI is InChI=1S/C13H20N4O2/c1-16(2)7-10-5-11(18)8-17(10)13(19)12-4-3-9(14)6-15-12/h3-4,6,10-11,18H,5,7-8,14H2,1-2H3. The lowest BCUT2D eigenvalue weighted by molar-refractivity contribution is 0.0693. The summed E-state index contributed by atoms with van der Waals surface area (Å²) in [5.74, 6) is -0.150. The Bertz CT molecular complexity index is 446. The third kappa shape index (κ3) is 3.21. The largest absolute Gasteiger partial charge is 0.397 e. The SMILES string of the molecule is CN(C)CC1CC(O)CN1C(=O)c1ccc(N)cn1. The number of pyridine rings is 1. The van der Waals surface area contributed by atoms with E-state index in [-0.39, 0.29) is 11.9 Å². The Morgan fingerprint density at radius 3 is 2.89 bits per heavy atom. The Morgan fingerprint density at radius 1 is 1.58 bits per heavy atom. The maximum absolute atomic E-state index is 12.4. The van der Waals surface area contributed by atoms with Crippen LogP contribution in [0, 0.1) is 0 Å². The second-order valence-corrected chi connectivity index (χ2v) is 5.24. The Labute approximate surface area is 112 Å². The quantitative estimate of drug-likeness (QED) is 0.790. The minimum Gasteiger partial charge on any atom is -0.397 e. The fourth-order valence-corrected chi connectivity index (χ4v) is 2.41. The van der Waals surface area contributed by atoms with Crippen LogP contribution in [0.3, 0.4) is 0 Å². The molecular formula is C13H20N4O2. The summed E-state index contributed by atoms with van der Waals surface area (Å²) >= 11 is 0. The third-order valence-electron chi connectivity index (χ3n) is 3.23. The van der Waals surface area contributed by atoms with E-state index in [4.69, 9.17) is 5.73 Å². The smallest absolute Gasteiger partial charge is 0.272 e. The van der Waals surface area contributed by atoms with E-state index < -0.39 is 6.10 Å². The van der Waals surface area contributed by atoms with Gasteiger partial charge in [-0.25, -0.2) is 4.98 Å². The van der Waals surface area contributed by atoms with E-state index in [1.807, 2.05) is 19.0 Å². The summed E-state index contributed by atoms with van der Waals surface area (Å²) in [5, 5.41) is 9.77. The monoisotopic (exact) mass is 264 g/mol. The van der Waals surface area contributed by atoms with Crippen LogP contribution in [0.25, 0.3) is 0 Å². The van der Waals surface area contributed by atoms with E-state index in [1.54, 1.807) is 17.0 Å². The van der Waals surface area contributed by atoms with Crippen molar-refractivity contribution in [2.75, 3.05) is 32.9 Å². The number of aromatic nitrogens is 1. The Kier molecular flexibility index (Phi) is 4.01. The van der Waals surface area contributed by atoms with Gasteiger partial charge in [0.05, 0.1) is 18.0 Å². The van der Waals surface area contributed by atoms with Crippen LogP contribution in [0.15, 0.2) is 18.3 Å². The minimum absolute atomic E-state index is 0.0249. The molecule has 1 aromatic heterocycles. The number of aliphatic hydroxyl groups excluding tert-OH is 1. The molecule has 3 N–H and O–H groups in total. The number of nitrogen functional groups attached to an aromatic ring is 1. The van der Waals surface area contributed by atoms with Crippen molar-refractivity contribution >= 4 is 11.6 Å². The van der Waals surface area contributed by atoms with Gasteiger partial charge in [0.25, 0.3) is 5.91 Å². The van der Waals surface area contributed by atoms with Gasteiger partial charge in [-0.05, 0) is 32.6 Å². The summed E-state index contributed by atoms with van der Waals surface area (Å²) in [7, 11) is 3.91. The molecular weight excluding hydrogens is 244 g/mol. The van der Waals surface area contributed by atoms with Gasteiger partial charge in [0.2, 0.25) is 0 Å². The van der Waals surface area contributed by atoms with Crippen molar-refractivity contribution in [2.45, 2.75) is 18.6 Å². The summed E-state index contributed by atoms with van der Waals surface area (Å²) in [5.41, 5.74) is 6.46. The maximum atomic E-state index is 12.4. The number of hydrogen-bond donors (Lipinski definition) is 2. The number of carbonyl (C=O) groups is 1. The third-order valence-corrected chi connectivity index (χ3v) is 3.23. The van der Waals surface area contributed by atoms with Crippen LogP contribution in [0.5, 0.6) is 0 Å². The number of likely N-dealkylation sites (tertiary alicyclic amines) is 1. The van der Waals surface area contributed by atoms with Gasteiger partial charge in [-0.1, -0.05) is 0 Å². The van der Waals surface area contributed by atoms with Crippen LogP contribution < -0.4 is 5.73 Å². The molecule has 2 atom stereocenters. The number of aliphatic hydroxyl groups is 1. The highest BCUT2D eigenvalue weighted by atomic mass is 16.3. The van der Waals surface area contributed by atoms with E-state index >= 15 is 0 Å². The molecule has 19 heavy (non-hydrogen) atoms. The molecule has 6 nitrogen and oxygen atoms in total. The lowest BCUT2D eigenvalue weighted by atomic mass is 10.2. The van der Waals surface area contributed by atoms with Gasteiger partial charge in [-0.15, -0.1) is 0 Å². The zero-order valence-electron chi connectivity index (χ0n) is 11.3. The molecule has 0 radical (unpaired) electrons. The average Bonchev–Trinajstić information content (AvgIpc) is 2.69. The second-order valence-electron chi connectivity index (χ2n) is 5.24. The van der Waals surface area contributed by atoms with Crippen molar-refractivity contribution in [1.82, 2.24) is 14.8 Å². The van der Waals surface area contributed by atoms with E-state index in [2.05, 4.69) is 4.98 Å². The van der Waals surface area contributed by atoms with Crippen LogP contribution in [-0.2, 0) is 0 Å². The van der Waals surface area contributed by atoms with Crippen LogP contribution in [0.4, 0.5) is 5.69 Å². The number of nitrogens with two attached hydrogens (primary N) is 1. The van der Waals surface area contributed by atoms with Crippen molar-refractivity contribution < 1.29 is 9.90 Å². The zero-order valence-corrected chi connectivity index (χ0v) is 11.3. The molecule has 0 spiro atoms. The molecule has 0 bridgehead atoms. The van der Waals surface area contributed by atoms with Crippen molar-refractivity contribution in [3.63, 3.8) is 0 Å². The fourth-order valence-electron chi connectivity index (χ4n) is 2.41. The Morgan fingerprint density at radius 2 is 2.32 bits per heavy atom. The van der Waals surface area contributed by atoms with E-state index in [0.717, 1.165) is 6.54 Å². The van der Waals surface area contributed by atoms with Crippen LogP contribution in [0.2, 0.25) is 0 Å². The fraction of sp³-hybridized carbons (Fsp3) is 0.538. The van der Waals surface area contributed by atoms with Crippen LogP contribution in [-0.4, -0.2) is 65.1 Å². The van der Waals surface area contributed by atoms with Gasteiger partial charge in [0.15, 0.2) is 0 Å². The highest BCUT2D eigenvalue weighted by molar-refractivity contribution is 5.93. The first-order valence-corrected chi connectivity index (χ1v) is 6.32. The summed E-state index contributed by atoms with van der Waals surface area (Å²) in [6.07, 6.45) is 1.63. The van der Waals surface area contributed by atoms with E-state index in [9.17, 15) is 9.90 Å². The zero-order chi connectivity index (χ0) is 14.0. The molecule has 104 valence electrons. The Hall–Kier alpha value is -1.66. The molecule has 6 heteroatoms. The van der Waals surface area contributed by atoms with Gasteiger partial charge < -0.3 is 20.6 Å². The number of rotatable bonds is 3. The molecule has 1 fully saturated rings. The number of hydrogen-bond acceptors (Lipinski definition) is 5. The summed E-state index contributed by atoms with van der Waals surface area (Å²) in [6.45, 7) is 1.10. The van der Waals surface area contributed by atoms with Crippen LogP contribution >= 0.6 is 0 Å². The lowest BCUT2D eigenvalue weighted by Crippen LogP contribution is -2.41. The summed E-state index contributed by atoms with van der Waals surface area (Å²) in [4.78, 5) is 20.1. The lowest BCUT2D eigenvalue weighted by Gasteiger charge is -2.26. The first kappa shape index (κ1) is 13.8. The van der Waals surface area contributed by atoms with Crippen molar-refractivity contribution in [1.29, 1.82) is 0 Å². The molecule has 1 amide bonds. The number of nitrogens with zero attached hydrogens (tertiary/aromatic N) is 3. The van der Waals surface area contributed by atoms with Crippen LogP contribution in [0.1, 0.15) is 16.9 Å². The molecule has 0 saturated carbocycles. The van der Waals surface area contributed by atoms with E-state index in [1.165, 1.54) is 6.20 Å². The average molecular weight is 264 g/mol. The molecule has 1 aliphatic rings. The highest BCUT2D eigenvalue weighted by Gasteiger charge is 2.35. The van der Waals surface area contributed by atoms with Crippen molar-refractivity contribution in [2.24, 2.45) is 0 Å². The number of β-amino-alcohol motifs (C(OH)–C–C–N with tert-alkyl or cyclic N) is 1. The number of anilines is 1. The maximum Gasteiger partial charge on any atom is 0.272 e. The predicted octanol–water partition coefficient (Wildman–Crippen LogP) is -0.199. The summed E-state index contributed by atoms with van der Waals surface area (Å²) < 4.78 is 0. The molecule has 0 aromatic carbocycles. The van der Waals surface area contributed by atoms with Gasteiger partial charge >= 0.3 is 0 Å². The van der Waals surface area contributed by atoms with Gasteiger partial charge in [-0.3, -0.25) is 4.79 Å². The highest BCUT2D eigenvalue weighted by Crippen LogP contribution is 2.20.